The van der Waals surface area contributed by atoms with Crippen LogP contribution in [0.4, 0.5) is 6.01 Å². The quantitative estimate of drug-likeness (QED) is 0.820. The number of piperidine rings is 1. The molecule has 21 heavy (non-hydrogen) atoms. The summed E-state index contributed by atoms with van der Waals surface area (Å²) in [6.45, 7) is 4.45. The fourth-order valence-corrected chi connectivity index (χ4v) is 3.04. The van der Waals surface area contributed by atoms with Gasteiger partial charge in [0.15, 0.2) is 5.58 Å². The Morgan fingerprint density at radius 3 is 3.19 bits per heavy atom. The van der Waals surface area contributed by atoms with Gasteiger partial charge in [-0.1, -0.05) is 0 Å². The lowest BCUT2D eigenvalue weighted by Crippen LogP contribution is -2.44. The van der Waals surface area contributed by atoms with Gasteiger partial charge < -0.3 is 14.8 Å². The number of nitrogens with zero attached hydrogens (tertiary/aromatic N) is 3. The van der Waals surface area contributed by atoms with Crippen molar-refractivity contribution >= 4 is 33.2 Å². The average molecular weight is 355 g/mol. The number of hydrogen-bond acceptors (Lipinski definition) is 6. The van der Waals surface area contributed by atoms with Crippen molar-refractivity contribution in [2.45, 2.75) is 31.9 Å². The van der Waals surface area contributed by atoms with Crippen LogP contribution in [0.25, 0.3) is 11.2 Å². The molecule has 3 heterocycles. The number of oxazole rings is 1. The first-order valence-electron chi connectivity index (χ1n) is 7.20. The highest BCUT2D eigenvalue weighted by Gasteiger charge is 2.22. The molecule has 2 aromatic rings. The smallest absolute Gasteiger partial charge is 0.297 e. The minimum atomic E-state index is -0.297. The first-order valence-corrected chi connectivity index (χ1v) is 7.99. The molecule has 6 nitrogen and oxygen atoms in total. The maximum absolute atomic E-state index is 9.50. The summed E-state index contributed by atoms with van der Waals surface area (Å²) >= 11 is 3.33. The molecule has 0 radical (unpaired) electrons. The molecule has 0 saturated carbocycles. The summed E-state index contributed by atoms with van der Waals surface area (Å²) in [4.78, 5) is 10.9. The van der Waals surface area contributed by atoms with Crippen LogP contribution in [0.5, 0.6) is 0 Å². The molecular weight excluding hydrogens is 336 g/mol. The van der Waals surface area contributed by atoms with Gasteiger partial charge in [-0.2, -0.15) is 4.98 Å². The van der Waals surface area contributed by atoms with Crippen molar-refractivity contribution in [3.05, 3.63) is 16.7 Å². The van der Waals surface area contributed by atoms with Gasteiger partial charge in [0.2, 0.25) is 5.65 Å². The SMILES string of the molecule is CC(O)CN1CCC[C@@H](Nc2nc3nc(Br)ccc3o2)C1. The first kappa shape index (κ1) is 14.7. The van der Waals surface area contributed by atoms with Crippen LogP contribution in [0.1, 0.15) is 19.8 Å². The normalized spacial score (nSPS) is 21.6. The van der Waals surface area contributed by atoms with E-state index in [1.54, 1.807) is 0 Å². The highest BCUT2D eigenvalue weighted by molar-refractivity contribution is 9.10. The van der Waals surface area contributed by atoms with Crippen LogP contribution in [-0.2, 0) is 0 Å². The van der Waals surface area contributed by atoms with Gasteiger partial charge in [0.05, 0.1) is 6.10 Å². The van der Waals surface area contributed by atoms with Gasteiger partial charge in [-0.05, 0) is 54.4 Å². The van der Waals surface area contributed by atoms with Crippen LogP contribution in [-0.4, -0.2) is 51.8 Å². The number of hydrogen-bond donors (Lipinski definition) is 2. The van der Waals surface area contributed by atoms with Crippen LogP contribution in [0.2, 0.25) is 0 Å². The standard InChI is InChI=1S/C14H19BrN4O2/c1-9(20)7-19-6-2-3-10(8-19)16-14-18-13-11(21-14)4-5-12(15)17-13/h4-5,9-10,20H,2-3,6-8H2,1H3,(H,16,17,18)/t9?,10-/m1/s1. The van der Waals surface area contributed by atoms with Crippen molar-refractivity contribution in [3.63, 3.8) is 0 Å². The zero-order chi connectivity index (χ0) is 14.8. The van der Waals surface area contributed by atoms with E-state index in [9.17, 15) is 5.11 Å². The minimum Gasteiger partial charge on any atom is -0.422 e. The molecule has 1 fully saturated rings. The number of anilines is 1. The topological polar surface area (TPSA) is 74.4 Å². The number of aliphatic hydroxyl groups is 1. The largest absolute Gasteiger partial charge is 0.422 e. The van der Waals surface area contributed by atoms with Gasteiger partial charge in [-0.25, -0.2) is 4.98 Å². The number of halogens is 1. The van der Waals surface area contributed by atoms with Gasteiger partial charge in [0.25, 0.3) is 6.01 Å². The van der Waals surface area contributed by atoms with Crippen LogP contribution in [0, 0.1) is 0 Å². The van der Waals surface area contributed by atoms with E-state index in [-0.39, 0.29) is 12.1 Å². The van der Waals surface area contributed by atoms with Crippen molar-refractivity contribution in [2.24, 2.45) is 0 Å². The minimum absolute atomic E-state index is 0.286. The number of aromatic nitrogens is 2. The number of aliphatic hydroxyl groups excluding tert-OH is 1. The molecule has 1 saturated heterocycles. The molecule has 114 valence electrons. The van der Waals surface area contributed by atoms with E-state index in [0.29, 0.717) is 23.8 Å². The summed E-state index contributed by atoms with van der Waals surface area (Å²) in [6.07, 6.45) is 1.88. The van der Waals surface area contributed by atoms with E-state index in [4.69, 9.17) is 4.42 Å². The highest BCUT2D eigenvalue weighted by Crippen LogP contribution is 2.21. The van der Waals surface area contributed by atoms with E-state index in [1.807, 2.05) is 19.1 Å². The third kappa shape index (κ3) is 3.72. The summed E-state index contributed by atoms with van der Waals surface area (Å²) in [7, 11) is 0. The molecule has 0 aliphatic carbocycles. The van der Waals surface area contributed by atoms with Gasteiger partial charge in [-0.3, -0.25) is 4.90 Å². The van der Waals surface area contributed by atoms with Gasteiger partial charge in [0, 0.05) is 19.1 Å². The second-order valence-corrected chi connectivity index (χ2v) is 6.38. The number of β-amino-alcohol motifs (C(OH)–C–C–N with tert-alkyl or cyclic N) is 1. The molecule has 0 bridgehead atoms. The zero-order valence-electron chi connectivity index (χ0n) is 11.9. The molecule has 2 aromatic heterocycles. The Morgan fingerprint density at radius 1 is 1.52 bits per heavy atom. The fourth-order valence-electron chi connectivity index (χ4n) is 2.74. The highest BCUT2D eigenvalue weighted by atomic mass is 79.9. The molecule has 0 amide bonds. The van der Waals surface area contributed by atoms with Gasteiger partial charge >= 0.3 is 0 Å². The third-order valence-corrected chi connectivity index (χ3v) is 4.02. The monoisotopic (exact) mass is 354 g/mol. The molecule has 7 heteroatoms. The Balaban J connectivity index is 1.66. The Labute approximate surface area is 131 Å². The number of fused-ring (bicyclic) bond motifs is 1. The van der Waals surface area contributed by atoms with Crippen LogP contribution >= 0.6 is 15.9 Å². The molecule has 0 spiro atoms. The number of rotatable bonds is 4. The second-order valence-electron chi connectivity index (χ2n) is 5.57. The lowest BCUT2D eigenvalue weighted by molar-refractivity contribution is 0.110. The molecule has 0 aromatic carbocycles. The van der Waals surface area contributed by atoms with E-state index in [0.717, 1.165) is 30.5 Å². The number of nitrogens with one attached hydrogen (secondary N) is 1. The van der Waals surface area contributed by atoms with Crippen molar-refractivity contribution in [1.29, 1.82) is 0 Å². The van der Waals surface area contributed by atoms with Gasteiger partial charge in [-0.15, -0.1) is 0 Å². The Kier molecular flexibility index (Phi) is 4.42. The van der Waals surface area contributed by atoms with E-state index >= 15 is 0 Å². The summed E-state index contributed by atoms with van der Waals surface area (Å²) in [5.41, 5.74) is 1.28. The predicted octanol–water partition coefficient (Wildman–Crippen LogP) is 2.24. The van der Waals surface area contributed by atoms with E-state index in [2.05, 4.69) is 36.1 Å². The van der Waals surface area contributed by atoms with Crippen LogP contribution in [0.15, 0.2) is 21.2 Å². The van der Waals surface area contributed by atoms with Gasteiger partial charge in [0.1, 0.15) is 4.60 Å². The van der Waals surface area contributed by atoms with Crippen LogP contribution in [0.3, 0.4) is 0 Å². The zero-order valence-corrected chi connectivity index (χ0v) is 13.5. The summed E-state index contributed by atoms with van der Waals surface area (Å²) < 4.78 is 6.41. The predicted molar refractivity (Wildman–Crippen MR) is 84.3 cm³/mol. The fraction of sp³-hybridized carbons (Fsp3) is 0.571. The Bertz CT molecular complexity index is 616. The average Bonchev–Trinajstić information content (AvgIpc) is 2.79. The maximum Gasteiger partial charge on any atom is 0.297 e. The van der Waals surface area contributed by atoms with Crippen molar-refractivity contribution in [3.8, 4) is 0 Å². The molecular formula is C14H19BrN4O2. The molecule has 3 rings (SSSR count). The van der Waals surface area contributed by atoms with Crippen molar-refractivity contribution < 1.29 is 9.52 Å². The van der Waals surface area contributed by atoms with E-state index in [1.165, 1.54) is 0 Å². The van der Waals surface area contributed by atoms with E-state index < -0.39 is 0 Å². The lowest BCUT2D eigenvalue weighted by Gasteiger charge is -2.33. The second kappa shape index (κ2) is 6.29. The molecule has 1 aliphatic heterocycles. The summed E-state index contributed by atoms with van der Waals surface area (Å²) in [5.74, 6) is 0. The summed E-state index contributed by atoms with van der Waals surface area (Å²) in [6, 6.07) is 4.49. The maximum atomic E-state index is 9.50. The molecule has 1 aliphatic rings. The van der Waals surface area contributed by atoms with Crippen molar-refractivity contribution in [1.82, 2.24) is 14.9 Å². The Hall–Kier alpha value is -1.18. The number of likely N-dealkylation sites (tertiary alicyclic amines) is 1. The Morgan fingerprint density at radius 2 is 2.38 bits per heavy atom. The lowest BCUT2D eigenvalue weighted by atomic mass is 10.1. The number of pyridine rings is 1. The third-order valence-electron chi connectivity index (χ3n) is 3.57. The first-order chi connectivity index (χ1) is 10.1. The molecule has 1 unspecified atom stereocenters. The van der Waals surface area contributed by atoms with Crippen molar-refractivity contribution in [2.75, 3.05) is 25.0 Å². The van der Waals surface area contributed by atoms with Crippen LogP contribution < -0.4 is 5.32 Å². The molecule has 2 N–H and O–H groups in total. The summed E-state index contributed by atoms with van der Waals surface area (Å²) in [5, 5.41) is 12.8. The molecule has 2 atom stereocenters.